The van der Waals surface area contributed by atoms with Crippen molar-refractivity contribution in [2.24, 2.45) is 0 Å². The molecule has 0 saturated carbocycles. The standard InChI is InChI=1S/C12H13F2N3/c1-8-3-4-17(16-8)12-10(13)5-9(7-15-2)6-11(12)14/h3-6,15H,7H2,1-2H3. The van der Waals surface area contributed by atoms with Crippen molar-refractivity contribution in [2.45, 2.75) is 13.5 Å². The minimum absolute atomic E-state index is 0.141. The maximum atomic E-state index is 13.8. The topological polar surface area (TPSA) is 29.9 Å². The van der Waals surface area contributed by atoms with Crippen molar-refractivity contribution in [2.75, 3.05) is 7.05 Å². The third-order valence-electron chi connectivity index (χ3n) is 2.41. The lowest BCUT2D eigenvalue weighted by atomic mass is 10.2. The zero-order chi connectivity index (χ0) is 12.4. The Kier molecular flexibility index (Phi) is 3.19. The van der Waals surface area contributed by atoms with Gasteiger partial charge < -0.3 is 5.32 Å². The molecule has 0 bridgehead atoms. The summed E-state index contributed by atoms with van der Waals surface area (Å²) in [6.07, 6.45) is 1.54. The maximum absolute atomic E-state index is 13.8. The molecule has 1 heterocycles. The molecule has 1 aromatic carbocycles. The van der Waals surface area contributed by atoms with Crippen LogP contribution in [-0.2, 0) is 6.54 Å². The first-order chi connectivity index (χ1) is 8.11. The minimum atomic E-state index is -0.613. The van der Waals surface area contributed by atoms with E-state index in [4.69, 9.17) is 0 Å². The number of aryl methyl sites for hydroxylation is 1. The molecule has 0 amide bonds. The van der Waals surface area contributed by atoms with E-state index >= 15 is 0 Å². The fraction of sp³-hybridized carbons (Fsp3) is 0.250. The molecule has 0 aliphatic carbocycles. The highest BCUT2D eigenvalue weighted by Crippen LogP contribution is 2.19. The van der Waals surface area contributed by atoms with E-state index in [1.165, 1.54) is 23.0 Å². The maximum Gasteiger partial charge on any atom is 0.152 e. The monoisotopic (exact) mass is 237 g/mol. The van der Waals surface area contributed by atoms with Gasteiger partial charge in [-0.15, -0.1) is 0 Å². The predicted molar refractivity (Wildman–Crippen MR) is 61.0 cm³/mol. The lowest BCUT2D eigenvalue weighted by Gasteiger charge is -2.08. The van der Waals surface area contributed by atoms with Crippen LogP contribution in [0.3, 0.4) is 0 Å². The molecule has 0 atom stereocenters. The minimum Gasteiger partial charge on any atom is -0.316 e. The smallest absolute Gasteiger partial charge is 0.152 e. The average Bonchev–Trinajstić information content (AvgIpc) is 2.64. The van der Waals surface area contributed by atoms with Crippen molar-refractivity contribution in [1.29, 1.82) is 0 Å². The molecule has 1 N–H and O–H groups in total. The summed E-state index contributed by atoms with van der Waals surface area (Å²) in [4.78, 5) is 0. The zero-order valence-corrected chi connectivity index (χ0v) is 9.67. The van der Waals surface area contributed by atoms with Gasteiger partial charge in [0.25, 0.3) is 0 Å². The Morgan fingerprint density at radius 3 is 2.41 bits per heavy atom. The summed E-state index contributed by atoms with van der Waals surface area (Å²) in [7, 11) is 1.72. The third-order valence-corrected chi connectivity index (χ3v) is 2.41. The number of benzene rings is 1. The highest BCUT2D eigenvalue weighted by molar-refractivity contribution is 5.37. The van der Waals surface area contributed by atoms with E-state index < -0.39 is 11.6 Å². The molecule has 0 aliphatic rings. The molecule has 3 nitrogen and oxygen atoms in total. The fourth-order valence-corrected chi connectivity index (χ4v) is 1.68. The van der Waals surface area contributed by atoms with Gasteiger partial charge in [-0.2, -0.15) is 5.10 Å². The van der Waals surface area contributed by atoms with Gasteiger partial charge in [0.1, 0.15) is 5.69 Å². The number of nitrogens with zero attached hydrogens (tertiary/aromatic N) is 2. The first-order valence-corrected chi connectivity index (χ1v) is 5.27. The van der Waals surface area contributed by atoms with Crippen LogP contribution in [0.2, 0.25) is 0 Å². The molecule has 0 fully saturated rings. The highest BCUT2D eigenvalue weighted by Gasteiger charge is 2.13. The van der Waals surface area contributed by atoms with E-state index in [1.54, 1.807) is 20.0 Å². The number of hydrogen-bond acceptors (Lipinski definition) is 2. The van der Waals surface area contributed by atoms with Crippen molar-refractivity contribution >= 4 is 0 Å². The summed E-state index contributed by atoms with van der Waals surface area (Å²) in [5.41, 5.74) is 1.14. The van der Waals surface area contributed by atoms with Crippen molar-refractivity contribution in [3.63, 3.8) is 0 Å². The number of halogens is 2. The first-order valence-electron chi connectivity index (χ1n) is 5.27. The van der Waals surface area contributed by atoms with Crippen LogP contribution in [0.25, 0.3) is 5.69 Å². The van der Waals surface area contributed by atoms with Gasteiger partial charge in [0.2, 0.25) is 0 Å². The second-order valence-corrected chi connectivity index (χ2v) is 3.84. The van der Waals surface area contributed by atoms with Gasteiger partial charge in [0.05, 0.1) is 5.69 Å². The molecular weight excluding hydrogens is 224 g/mol. The van der Waals surface area contributed by atoms with Gasteiger partial charge in [0.15, 0.2) is 11.6 Å². The second kappa shape index (κ2) is 4.63. The molecule has 0 spiro atoms. The lowest BCUT2D eigenvalue weighted by Crippen LogP contribution is -2.08. The van der Waals surface area contributed by atoms with E-state index in [0.29, 0.717) is 17.8 Å². The van der Waals surface area contributed by atoms with E-state index in [9.17, 15) is 8.78 Å². The molecule has 5 heteroatoms. The van der Waals surface area contributed by atoms with Gasteiger partial charge in [0, 0.05) is 12.7 Å². The fourth-order valence-electron chi connectivity index (χ4n) is 1.68. The Hall–Kier alpha value is -1.75. The Bertz CT molecular complexity index is 511. The summed E-state index contributed by atoms with van der Waals surface area (Å²) in [5.74, 6) is -1.23. The number of rotatable bonds is 3. The van der Waals surface area contributed by atoms with Crippen molar-refractivity contribution in [1.82, 2.24) is 15.1 Å². The van der Waals surface area contributed by atoms with Crippen LogP contribution < -0.4 is 5.32 Å². The largest absolute Gasteiger partial charge is 0.316 e. The molecule has 1 aromatic heterocycles. The average molecular weight is 237 g/mol. The Balaban J connectivity index is 2.48. The Labute approximate surface area is 98.1 Å². The van der Waals surface area contributed by atoms with Gasteiger partial charge in [-0.1, -0.05) is 0 Å². The summed E-state index contributed by atoms with van der Waals surface area (Å²) in [5, 5.41) is 6.85. The van der Waals surface area contributed by atoms with Gasteiger partial charge in [-0.05, 0) is 37.7 Å². The van der Waals surface area contributed by atoms with Crippen molar-refractivity contribution in [3.8, 4) is 5.69 Å². The summed E-state index contributed by atoms with van der Waals surface area (Å²) >= 11 is 0. The van der Waals surface area contributed by atoms with Gasteiger partial charge in [-0.25, -0.2) is 13.5 Å². The molecule has 90 valence electrons. The Morgan fingerprint density at radius 2 is 1.94 bits per heavy atom. The van der Waals surface area contributed by atoms with Gasteiger partial charge in [-0.3, -0.25) is 0 Å². The lowest BCUT2D eigenvalue weighted by molar-refractivity contribution is 0.555. The molecule has 2 aromatic rings. The highest BCUT2D eigenvalue weighted by atomic mass is 19.1. The van der Waals surface area contributed by atoms with Crippen LogP contribution in [0.4, 0.5) is 8.78 Å². The van der Waals surface area contributed by atoms with Crippen molar-refractivity contribution in [3.05, 3.63) is 47.3 Å². The predicted octanol–water partition coefficient (Wildman–Crippen LogP) is 2.18. The van der Waals surface area contributed by atoms with Crippen LogP contribution >= 0.6 is 0 Å². The van der Waals surface area contributed by atoms with Crippen LogP contribution in [0, 0.1) is 18.6 Å². The molecule has 0 unspecified atom stereocenters. The molecular formula is C12H13F2N3. The summed E-state index contributed by atoms with van der Waals surface area (Å²) < 4.78 is 28.8. The van der Waals surface area contributed by atoms with E-state index in [1.807, 2.05) is 0 Å². The van der Waals surface area contributed by atoms with Crippen molar-refractivity contribution < 1.29 is 8.78 Å². The quantitative estimate of drug-likeness (QED) is 0.886. The van der Waals surface area contributed by atoms with Crippen LogP contribution in [0.5, 0.6) is 0 Å². The number of aromatic nitrogens is 2. The normalized spacial score (nSPS) is 10.8. The molecule has 0 radical (unpaired) electrons. The first kappa shape index (κ1) is 11.7. The number of hydrogen-bond donors (Lipinski definition) is 1. The zero-order valence-electron chi connectivity index (χ0n) is 9.67. The van der Waals surface area contributed by atoms with Crippen LogP contribution in [-0.4, -0.2) is 16.8 Å². The summed E-state index contributed by atoms with van der Waals surface area (Å²) in [6, 6.07) is 4.32. The van der Waals surface area contributed by atoms with E-state index in [-0.39, 0.29) is 5.69 Å². The van der Waals surface area contributed by atoms with Gasteiger partial charge >= 0.3 is 0 Å². The Morgan fingerprint density at radius 1 is 1.29 bits per heavy atom. The molecule has 17 heavy (non-hydrogen) atoms. The van der Waals surface area contributed by atoms with Crippen LogP contribution in [0.15, 0.2) is 24.4 Å². The SMILES string of the molecule is CNCc1cc(F)c(-n2ccc(C)n2)c(F)c1. The van der Waals surface area contributed by atoms with E-state index in [2.05, 4.69) is 10.4 Å². The van der Waals surface area contributed by atoms with E-state index in [0.717, 1.165) is 0 Å². The van der Waals surface area contributed by atoms with Crippen LogP contribution in [0.1, 0.15) is 11.3 Å². The molecule has 0 aliphatic heterocycles. The molecule has 2 rings (SSSR count). The third kappa shape index (κ3) is 2.34. The number of nitrogens with one attached hydrogen (secondary N) is 1. The summed E-state index contributed by atoms with van der Waals surface area (Å²) in [6.45, 7) is 2.19. The molecule has 0 saturated heterocycles. The second-order valence-electron chi connectivity index (χ2n) is 3.84.